The quantitative estimate of drug-likeness (QED) is 0.259. The molecule has 198 valence electrons. The molecule has 1 aliphatic carbocycles. The summed E-state index contributed by atoms with van der Waals surface area (Å²) in [5, 5.41) is 72.6. The van der Waals surface area contributed by atoms with Crippen LogP contribution < -0.4 is 9.47 Å². The van der Waals surface area contributed by atoms with E-state index in [1.165, 1.54) is 26.4 Å². The van der Waals surface area contributed by atoms with Crippen molar-refractivity contribution < 1.29 is 54.7 Å². The SMILES string of the molecule is COc1cc(C2c3cc(O)c(OC)cc3CC(O)(CO)C2COC2OCC(O)C(O)C2O)ccc1O. The van der Waals surface area contributed by atoms with Crippen LogP contribution in [0.2, 0.25) is 0 Å². The van der Waals surface area contributed by atoms with E-state index in [2.05, 4.69) is 0 Å². The maximum Gasteiger partial charge on any atom is 0.186 e. The van der Waals surface area contributed by atoms with E-state index in [0.717, 1.165) is 0 Å². The summed E-state index contributed by atoms with van der Waals surface area (Å²) < 4.78 is 21.6. The van der Waals surface area contributed by atoms with Crippen molar-refractivity contribution >= 4 is 0 Å². The largest absolute Gasteiger partial charge is 0.504 e. The Morgan fingerprint density at radius 1 is 0.972 bits per heavy atom. The number of aromatic hydroxyl groups is 2. The second-order valence-corrected chi connectivity index (χ2v) is 9.26. The molecule has 1 aliphatic heterocycles. The molecule has 1 saturated heterocycles. The number of hydrogen-bond acceptors (Lipinski definition) is 11. The van der Waals surface area contributed by atoms with Crippen LogP contribution in [0, 0.1) is 5.92 Å². The normalized spacial score (nSPS) is 32.1. The van der Waals surface area contributed by atoms with Gasteiger partial charge in [0, 0.05) is 18.3 Å². The van der Waals surface area contributed by atoms with Crippen LogP contribution in [0.4, 0.5) is 0 Å². The van der Waals surface area contributed by atoms with Gasteiger partial charge in [-0.1, -0.05) is 6.07 Å². The van der Waals surface area contributed by atoms with E-state index in [4.69, 9.17) is 18.9 Å². The predicted octanol–water partition coefficient (Wildman–Crippen LogP) is -0.402. The highest BCUT2D eigenvalue weighted by Gasteiger charge is 2.49. The van der Waals surface area contributed by atoms with E-state index >= 15 is 0 Å². The zero-order chi connectivity index (χ0) is 26.2. The predicted molar refractivity (Wildman–Crippen MR) is 124 cm³/mol. The molecule has 36 heavy (non-hydrogen) atoms. The highest BCUT2D eigenvalue weighted by Crippen LogP contribution is 2.49. The molecular formula is C25H32O11. The van der Waals surface area contributed by atoms with Crippen LogP contribution in [0.15, 0.2) is 30.3 Å². The van der Waals surface area contributed by atoms with Crippen LogP contribution in [0.25, 0.3) is 0 Å². The number of phenols is 2. The summed E-state index contributed by atoms with van der Waals surface area (Å²) in [6.07, 6.45) is -5.57. The second-order valence-electron chi connectivity index (χ2n) is 9.26. The fraction of sp³-hybridized carbons (Fsp3) is 0.520. The Kier molecular flexibility index (Phi) is 7.62. The molecule has 7 unspecified atom stereocenters. The molecule has 0 radical (unpaired) electrons. The fourth-order valence-electron chi connectivity index (χ4n) is 5.07. The Balaban J connectivity index is 1.78. The van der Waals surface area contributed by atoms with Gasteiger partial charge in [-0.05, 0) is 41.0 Å². The number of phenolic OH excluding ortho intramolecular Hbond substituents is 2. The summed E-state index contributed by atoms with van der Waals surface area (Å²) in [6, 6.07) is 7.78. The van der Waals surface area contributed by atoms with Crippen molar-refractivity contribution in [2.45, 2.75) is 42.5 Å². The maximum atomic E-state index is 11.6. The summed E-state index contributed by atoms with van der Waals surface area (Å²) in [5.41, 5.74) is 0.147. The highest BCUT2D eigenvalue weighted by molar-refractivity contribution is 5.54. The minimum absolute atomic E-state index is 0.00460. The van der Waals surface area contributed by atoms with Crippen LogP contribution in [0.1, 0.15) is 22.6 Å². The number of aliphatic hydroxyl groups is 5. The van der Waals surface area contributed by atoms with E-state index < -0.39 is 48.6 Å². The van der Waals surface area contributed by atoms with Crippen LogP contribution >= 0.6 is 0 Å². The van der Waals surface area contributed by atoms with Gasteiger partial charge >= 0.3 is 0 Å². The van der Waals surface area contributed by atoms with Crippen LogP contribution in [0.3, 0.4) is 0 Å². The van der Waals surface area contributed by atoms with Gasteiger partial charge in [-0.15, -0.1) is 0 Å². The summed E-state index contributed by atoms with van der Waals surface area (Å²) in [4.78, 5) is 0. The van der Waals surface area contributed by atoms with Gasteiger partial charge in [-0.2, -0.15) is 0 Å². The van der Waals surface area contributed by atoms with E-state index in [0.29, 0.717) is 16.7 Å². The van der Waals surface area contributed by atoms with Gasteiger partial charge in [-0.25, -0.2) is 0 Å². The van der Waals surface area contributed by atoms with Crippen molar-refractivity contribution in [2.75, 3.05) is 34.0 Å². The van der Waals surface area contributed by atoms with Crippen molar-refractivity contribution in [2.24, 2.45) is 5.92 Å². The number of hydrogen-bond donors (Lipinski definition) is 7. The van der Waals surface area contributed by atoms with Crippen molar-refractivity contribution in [3.05, 3.63) is 47.0 Å². The first-order valence-corrected chi connectivity index (χ1v) is 11.5. The summed E-state index contributed by atoms with van der Waals surface area (Å²) >= 11 is 0. The molecule has 11 nitrogen and oxygen atoms in total. The molecule has 0 saturated carbocycles. The molecule has 0 bridgehead atoms. The van der Waals surface area contributed by atoms with Gasteiger partial charge in [0.25, 0.3) is 0 Å². The Morgan fingerprint density at radius 3 is 2.33 bits per heavy atom. The van der Waals surface area contributed by atoms with E-state index in [1.54, 1.807) is 18.2 Å². The molecule has 1 heterocycles. The number of rotatable bonds is 7. The second kappa shape index (κ2) is 10.4. The topological polar surface area (TPSA) is 179 Å². The minimum atomic E-state index is -1.71. The van der Waals surface area contributed by atoms with Crippen LogP contribution in [-0.4, -0.2) is 100.0 Å². The smallest absolute Gasteiger partial charge is 0.186 e. The Bertz CT molecular complexity index is 1080. The Hall–Kier alpha value is -2.64. The van der Waals surface area contributed by atoms with Crippen LogP contribution in [0.5, 0.6) is 23.0 Å². The molecule has 7 atom stereocenters. The first-order valence-electron chi connectivity index (χ1n) is 11.5. The summed E-state index contributed by atoms with van der Waals surface area (Å²) in [7, 11) is 2.80. The van der Waals surface area contributed by atoms with E-state index in [-0.39, 0.29) is 42.6 Å². The monoisotopic (exact) mass is 508 g/mol. The average Bonchev–Trinajstić information content (AvgIpc) is 2.87. The summed E-state index contributed by atoms with van der Waals surface area (Å²) in [5.74, 6) is -1.33. The Labute approximate surface area is 207 Å². The lowest BCUT2D eigenvalue weighted by Gasteiger charge is -2.46. The van der Waals surface area contributed by atoms with Gasteiger partial charge in [-0.3, -0.25) is 0 Å². The number of aliphatic hydroxyl groups excluding tert-OH is 4. The van der Waals surface area contributed by atoms with Crippen molar-refractivity contribution in [3.63, 3.8) is 0 Å². The van der Waals surface area contributed by atoms with Gasteiger partial charge in [0.15, 0.2) is 29.3 Å². The maximum absolute atomic E-state index is 11.6. The van der Waals surface area contributed by atoms with Crippen molar-refractivity contribution in [1.29, 1.82) is 0 Å². The van der Waals surface area contributed by atoms with Gasteiger partial charge in [0.05, 0.1) is 39.6 Å². The molecule has 1 fully saturated rings. The van der Waals surface area contributed by atoms with Gasteiger partial charge < -0.3 is 54.7 Å². The first kappa shape index (κ1) is 26.4. The van der Waals surface area contributed by atoms with E-state index in [1.807, 2.05) is 0 Å². The van der Waals surface area contributed by atoms with Crippen LogP contribution in [-0.2, 0) is 15.9 Å². The molecule has 0 amide bonds. The molecule has 4 rings (SSSR count). The Morgan fingerprint density at radius 2 is 1.67 bits per heavy atom. The number of benzene rings is 2. The lowest BCUT2D eigenvalue weighted by atomic mass is 9.64. The molecule has 0 spiro atoms. The van der Waals surface area contributed by atoms with Gasteiger partial charge in [0.1, 0.15) is 18.3 Å². The fourth-order valence-corrected chi connectivity index (χ4v) is 5.07. The molecule has 0 aromatic heterocycles. The third-order valence-electron chi connectivity index (χ3n) is 7.10. The molecule has 2 aliphatic rings. The zero-order valence-electron chi connectivity index (χ0n) is 19.9. The molecular weight excluding hydrogens is 476 g/mol. The number of fused-ring (bicyclic) bond motifs is 1. The average molecular weight is 509 g/mol. The summed E-state index contributed by atoms with van der Waals surface area (Å²) in [6.45, 7) is -1.13. The highest BCUT2D eigenvalue weighted by atomic mass is 16.7. The molecule has 2 aromatic carbocycles. The van der Waals surface area contributed by atoms with E-state index in [9.17, 15) is 35.7 Å². The molecule has 11 heteroatoms. The molecule has 7 N–H and O–H groups in total. The molecule has 2 aromatic rings. The zero-order valence-corrected chi connectivity index (χ0v) is 19.9. The van der Waals surface area contributed by atoms with Crippen molar-refractivity contribution in [3.8, 4) is 23.0 Å². The third kappa shape index (κ3) is 4.71. The standard InChI is InChI=1S/C25H32O11/c1-33-19-5-12(3-4-16(19)27)21-14-7-17(28)20(34-2)6-13(14)8-25(32,11-26)15(21)9-35-24-23(31)22(30)18(29)10-36-24/h3-7,15,18,21-24,26-32H,8-11H2,1-2H3. The minimum Gasteiger partial charge on any atom is -0.504 e. The van der Waals surface area contributed by atoms with Gasteiger partial charge in [0.2, 0.25) is 0 Å². The lowest BCUT2D eigenvalue weighted by Crippen LogP contribution is -2.56. The first-order chi connectivity index (χ1) is 17.1. The van der Waals surface area contributed by atoms with Crippen molar-refractivity contribution in [1.82, 2.24) is 0 Å². The number of methoxy groups -OCH3 is 2. The lowest BCUT2D eigenvalue weighted by molar-refractivity contribution is -0.277. The third-order valence-corrected chi connectivity index (χ3v) is 7.10. The number of ether oxygens (including phenoxy) is 4.